The molecule has 6 heteroatoms. The van der Waals surface area contributed by atoms with E-state index in [1.807, 2.05) is 12.1 Å². The minimum Gasteiger partial charge on any atom is -0.490 e. The Hall–Kier alpha value is -1.79. The maximum Gasteiger partial charge on any atom is 0.191 e. The van der Waals surface area contributed by atoms with Crippen LogP contribution >= 0.6 is 0 Å². The zero-order valence-electron chi connectivity index (χ0n) is 17.1. The van der Waals surface area contributed by atoms with Crippen molar-refractivity contribution in [1.82, 2.24) is 10.6 Å². The Balaban J connectivity index is 1.39. The highest BCUT2D eigenvalue weighted by Gasteiger charge is 2.20. The molecule has 1 saturated heterocycles. The third kappa shape index (κ3) is 6.99. The van der Waals surface area contributed by atoms with Gasteiger partial charge in [0.1, 0.15) is 5.75 Å². The third-order valence-corrected chi connectivity index (χ3v) is 5.16. The lowest BCUT2D eigenvalue weighted by Gasteiger charge is -2.27. The third-order valence-electron chi connectivity index (χ3n) is 5.16. The molecule has 2 aliphatic rings. The number of benzene rings is 1. The number of aliphatic imine (C=N–C) groups is 1. The predicted molar refractivity (Wildman–Crippen MR) is 112 cm³/mol. The van der Waals surface area contributed by atoms with Crippen molar-refractivity contribution in [1.29, 1.82) is 0 Å². The lowest BCUT2D eigenvalue weighted by molar-refractivity contribution is 0.0168. The van der Waals surface area contributed by atoms with E-state index >= 15 is 0 Å². The number of guanidine groups is 1. The molecule has 0 radical (unpaired) electrons. The van der Waals surface area contributed by atoms with Crippen molar-refractivity contribution in [3.05, 3.63) is 29.8 Å². The van der Waals surface area contributed by atoms with Crippen molar-refractivity contribution in [3.63, 3.8) is 0 Å². The number of hydrogen-bond acceptors (Lipinski definition) is 4. The summed E-state index contributed by atoms with van der Waals surface area (Å²) in [5, 5.41) is 6.70. The highest BCUT2D eigenvalue weighted by atomic mass is 16.5. The molecular weight excluding hydrogens is 354 g/mol. The zero-order chi connectivity index (χ0) is 19.4. The van der Waals surface area contributed by atoms with Crippen LogP contribution in [0, 0.1) is 0 Å². The van der Waals surface area contributed by atoms with Crippen molar-refractivity contribution < 1.29 is 14.2 Å². The maximum atomic E-state index is 6.10. The van der Waals surface area contributed by atoms with Gasteiger partial charge in [-0.25, -0.2) is 4.99 Å². The summed E-state index contributed by atoms with van der Waals surface area (Å²) in [7, 11) is 0. The SMILES string of the molecule is CCNC(=NCc1ccccc1OC1CCC1)NCCCOCC1CCCO1. The van der Waals surface area contributed by atoms with Crippen LogP contribution in [-0.4, -0.2) is 51.1 Å². The molecule has 0 aromatic heterocycles. The second-order valence-corrected chi connectivity index (χ2v) is 7.46. The van der Waals surface area contributed by atoms with Crippen LogP contribution in [0.15, 0.2) is 29.3 Å². The predicted octanol–water partition coefficient (Wildman–Crippen LogP) is 3.26. The van der Waals surface area contributed by atoms with Gasteiger partial charge in [0.15, 0.2) is 5.96 Å². The fourth-order valence-electron chi connectivity index (χ4n) is 3.30. The van der Waals surface area contributed by atoms with Gasteiger partial charge in [-0.2, -0.15) is 0 Å². The Morgan fingerprint density at radius 2 is 2.07 bits per heavy atom. The van der Waals surface area contributed by atoms with E-state index in [1.165, 1.54) is 6.42 Å². The van der Waals surface area contributed by atoms with E-state index in [9.17, 15) is 0 Å². The van der Waals surface area contributed by atoms with Crippen LogP contribution in [0.3, 0.4) is 0 Å². The Labute approximate surface area is 169 Å². The van der Waals surface area contributed by atoms with Crippen molar-refractivity contribution in [2.75, 3.05) is 32.9 Å². The van der Waals surface area contributed by atoms with Crippen molar-refractivity contribution in [2.45, 2.75) is 64.2 Å². The van der Waals surface area contributed by atoms with Gasteiger partial charge in [-0.3, -0.25) is 0 Å². The van der Waals surface area contributed by atoms with E-state index in [0.29, 0.717) is 25.4 Å². The fourth-order valence-corrected chi connectivity index (χ4v) is 3.30. The smallest absolute Gasteiger partial charge is 0.191 e. The molecule has 1 unspecified atom stereocenters. The molecule has 2 fully saturated rings. The summed E-state index contributed by atoms with van der Waals surface area (Å²) < 4.78 is 17.4. The first kappa shape index (κ1) is 20.9. The minimum atomic E-state index is 0.300. The van der Waals surface area contributed by atoms with Gasteiger partial charge < -0.3 is 24.8 Å². The Bertz CT molecular complexity index is 598. The molecule has 28 heavy (non-hydrogen) atoms. The average Bonchev–Trinajstić information content (AvgIpc) is 3.19. The molecule has 0 spiro atoms. The molecular formula is C22H35N3O3. The quantitative estimate of drug-likeness (QED) is 0.346. The highest BCUT2D eigenvalue weighted by Crippen LogP contribution is 2.27. The van der Waals surface area contributed by atoms with Crippen LogP contribution in [0.5, 0.6) is 5.75 Å². The second-order valence-electron chi connectivity index (χ2n) is 7.46. The molecule has 156 valence electrons. The molecule has 1 aliphatic heterocycles. The highest BCUT2D eigenvalue weighted by molar-refractivity contribution is 5.79. The van der Waals surface area contributed by atoms with Gasteiger partial charge in [-0.15, -0.1) is 0 Å². The Morgan fingerprint density at radius 1 is 1.18 bits per heavy atom. The van der Waals surface area contributed by atoms with Gasteiger partial charge in [0, 0.05) is 31.9 Å². The first-order chi connectivity index (χ1) is 13.8. The van der Waals surface area contributed by atoms with E-state index in [4.69, 9.17) is 19.2 Å². The van der Waals surface area contributed by atoms with Gasteiger partial charge in [-0.1, -0.05) is 18.2 Å². The van der Waals surface area contributed by atoms with Gasteiger partial charge in [0.25, 0.3) is 0 Å². The molecule has 1 atom stereocenters. The maximum absolute atomic E-state index is 6.10. The molecule has 1 heterocycles. The van der Waals surface area contributed by atoms with Gasteiger partial charge in [0.05, 0.1) is 25.4 Å². The van der Waals surface area contributed by atoms with Gasteiger partial charge in [0.2, 0.25) is 0 Å². The van der Waals surface area contributed by atoms with Crippen LogP contribution in [0.4, 0.5) is 0 Å². The summed E-state index contributed by atoms with van der Waals surface area (Å²) >= 11 is 0. The number of nitrogens with zero attached hydrogens (tertiary/aromatic N) is 1. The molecule has 2 N–H and O–H groups in total. The summed E-state index contributed by atoms with van der Waals surface area (Å²) in [4.78, 5) is 4.73. The second kappa shape index (κ2) is 11.9. The van der Waals surface area contributed by atoms with E-state index in [2.05, 4.69) is 29.7 Å². The number of nitrogens with one attached hydrogen (secondary N) is 2. The lowest BCUT2D eigenvalue weighted by Crippen LogP contribution is -2.38. The van der Waals surface area contributed by atoms with E-state index in [0.717, 1.165) is 75.7 Å². The Morgan fingerprint density at radius 3 is 2.82 bits per heavy atom. The summed E-state index contributed by atoms with van der Waals surface area (Å²) in [6, 6.07) is 8.22. The minimum absolute atomic E-state index is 0.300. The van der Waals surface area contributed by atoms with Crippen LogP contribution in [0.25, 0.3) is 0 Å². The number of para-hydroxylation sites is 1. The number of hydrogen-bond donors (Lipinski definition) is 2. The van der Waals surface area contributed by atoms with Crippen LogP contribution in [-0.2, 0) is 16.0 Å². The van der Waals surface area contributed by atoms with Crippen LogP contribution in [0.1, 0.15) is 51.0 Å². The molecule has 3 rings (SSSR count). The standard InChI is InChI=1S/C22H35N3O3/c1-2-23-22(24-13-7-14-26-17-20-11-6-15-27-20)25-16-18-8-3-4-12-21(18)28-19-9-5-10-19/h3-4,8,12,19-20H,2,5-7,9-11,13-17H2,1H3,(H2,23,24,25). The molecule has 0 amide bonds. The first-order valence-corrected chi connectivity index (χ1v) is 10.8. The Kier molecular flexibility index (Phi) is 8.91. The van der Waals surface area contributed by atoms with Gasteiger partial charge >= 0.3 is 0 Å². The summed E-state index contributed by atoms with van der Waals surface area (Å²) in [6.07, 6.45) is 7.51. The number of ether oxygens (including phenoxy) is 3. The average molecular weight is 390 g/mol. The summed E-state index contributed by atoms with van der Waals surface area (Å²) in [5.41, 5.74) is 1.13. The molecule has 1 aliphatic carbocycles. The van der Waals surface area contributed by atoms with Crippen molar-refractivity contribution >= 4 is 5.96 Å². The van der Waals surface area contributed by atoms with E-state index < -0.39 is 0 Å². The summed E-state index contributed by atoms with van der Waals surface area (Å²) in [6.45, 7) is 6.69. The first-order valence-electron chi connectivity index (χ1n) is 10.8. The fraction of sp³-hybridized carbons (Fsp3) is 0.682. The summed E-state index contributed by atoms with van der Waals surface area (Å²) in [5.74, 6) is 1.80. The number of rotatable bonds is 11. The topological polar surface area (TPSA) is 64.1 Å². The normalized spacial score (nSPS) is 20.0. The molecule has 1 aromatic rings. The van der Waals surface area contributed by atoms with Crippen molar-refractivity contribution in [3.8, 4) is 5.75 Å². The van der Waals surface area contributed by atoms with Crippen molar-refractivity contribution in [2.24, 2.45) is 4.99 Å². The van der Waals surface area contributed by atoms with E-state index in [1.54, 1.807) is 0 Å². The largest absolute Gasteiger partial charge is 0.490 e. The molecule has 0 bridgehead atoms. The van der Waals surface area contributed by atoms with Crippen LogP contribution < -0.4 is 15.4 Å². The zero-order valence-corrected chi connectivity index (χ0v) is 17.1. The van der Waals surface area contributed by atoms with Crippen LogP contribution in [0.2, 0.25) is 0 Å². The monoisotopic (exact) mass is 389 g/mol. The van der Waals surface area contributed by atoms with E-state index in [-0.39, 0.29) is 0 Å². The van der Waals surface area contributed by atoms with Gasteiger partial charge in [-0.05, 0) is 51.5 Å². The molecule has 6 nitrogen and oxygen atoms in total. The lowest BCUT2D eigenvalue weighted by atomic mass is 9.96. The molecule has 1 aromatic carbocycles. The molecule has 1 saturated carbocycles.